The van der Waals surface area contributed by atoms with Crippen LogP contribution in [0.5, 0.6) is 5.75 Å². The number of H-pyrrole nitrogens is 2. The van der Waals surface area contributed by atoms with Crippen LogP contribution in [0.25, 0.3) is 55.7 Å². The highest BCUT2D eigenvalue weighted by Crippen LogP contribution is 2.34. The molecular weight excluding hydrogens is 409 g/mol. The molecule has 0 spiro atoms. The van der Waals surface area contributed by atoms with Crippen LogP contribution in [0.2, 0.25) is 0 Å². The van der Waals surface area contributed by atoms with E-state index in [-0.39, 0.29) is 5.75 Å². The molecule has 0 bridgehead atoms. The number of nitrogens with one attached hydrogen (secondary N) is 2. The van der Waals surface area contributed by atoms with Crippen molar-refractivity contribution in [3.05, 3.63) is 67.0 Å². The van der Waals surface area contributed by atoms with Gasteiger partial charge in [0.1, 0.15) is 11.6 Å². The minimum Gasteiger partial charge on any atom is -0.508 e. The third-order valence-electron chi connectivity index (χ3n) is 5.42. The van der Waals surface area contributed by atoms with Crippen LogP contribution in [0.3, 0.4) is 0 Å². The molecule has 0 atom stereocenters. The van der Waals surface area contributed by atoms with E-state index in [1.807, 2.05) is 31.4 Å². The van der Waals surface area contributed by atoms with Gasteiger partial charge in [-0.1, -0.05) is 0 Å². The van der Waals surface area contributed by atoms with Crippen LogP contribution >= 0.6 is 0 Å². The van der Waals surface area contributed by atoms with Crippen LogP contribution < -0.4 is 0 Å². The molecule has 8 nitrogen and oxygen atoms in total. The van der Waals surface area contributed by atoms with Crippen molar-refractivity contribution in [2.75, 3.05) is 0 Å². The van der Waals surface area contributed by atoms with Crippen LogP contribution in [0.15, 0.2) is 61.2 Å². The molecule has 0 saturated carbocycles. The number of aromatic amines is 2. The van der Waals surface area contributed by atoms with Gasteiger partial charge >= 0.3 is 0 Å². The van der Waals surface area contributed by atoms with Crippen molar-refractivity contribution in [2.24, 2.45) is 7.05 Å². The summed E-state index contributed by atoms with van der Waals surface area (Å²) in [6.07, 6.45) is 7.14. The maximum atomic E-state index is 13.9. The predicted molar refractivity (Wildman–Crippen MR) is 118 cm³/mol. The van der Waals surface area contributed by atoms with Gasteiger partial charge in [-0.15, -0.1) is 0 Å². The standard InChI is InChI=1S/C23H16FN7O/c1-31-11-14(10-27-31)13-6-18-22(29-30-23(18)26-9-13)20-8-17-19(28-20)2-3-25-21(17)12-4-15(24)7-16(32)5-12/h2-11,28,32H,1H3,(H,26,29,30). The van der Waals surface area contributed by atoms with Crippen LogP contribution in [0, 0.1) is 5.82 Å². The molecule has 0 fully saturated rings. The van der Waals surface area contributed by atoms with Gasteiger partial charge in [-0.2, -0.15) is 10.2 Å². The number of hydrogen-bond donors (Lipinski definition) is 3. The van der Waals surface area contributed by atoms with E-state index >= 15 is 0 Å². The Morgan fingerprint density at radius 1 is 0.969 bits per heavy atom. The molecule has 0 aliphatic carbocycles. The second-order valence-electron chi connectivity index (χ2n) is 7.60. The molecule has 9 heteroatoms. The summed E-state index contributed by atoms with van der Waals surface area (Å²) < 4.78 is 15.6. The molecule has 0 aliphatic heterocycles. The second-order valence-corrected chi connectivity index (χ2v) is 7.60. The van der Waals surface area contributed by atoms with Gasteiger partial charge in [-0.05, 0) is 30.3 Å². The zero-order valence-electron chi connectivity index (χ0n) is 16.8. The van der Waals surface area contributed by atoms with Crippen LogP contribution in [0.4, 0.5) is 4.39 Å². The highest BCUT2D eigenvalue weighted by Gasteiger charge is 2.16. The lowest BCUT2D eigenvalue weighted by Crippen LogP contribution is -1.85. The number of fused-ring (bicyclic) bond motifs is 2. The molecule has 1 aromatic carbocycles. The summed E-state index contributed by atoms with van der Waals surface area (Å²) in [5, 5.41) is 23.1. The fourth-order valence-corrected chi connectivity index (χ4v) is 3.96. The number of phenols is 1. The first-order valence-corrected chi connectivity index (χ1v) is 9.86. The lowest BCUT2D eigenvalue weighted by Gasteiger charge is -2.03. The molecule has 32 heavy (non-hydrogen) atoms. The van der Waals surface area contributed by atoms with E-state index in [1.54, 1.807) is 23.3 Å². The van der Waals surface area contributed by atoms with Crippen LogP contribution in [0.1, 0.15) is 0 Å². The fourth-order valence-electron chi connectivity index (χ4n) is 3.96. The van der Waals surface area contributed by atoms with E-state index in [2.05, 4.69) is 30.2 Å². The van der Waals surface area contributed by atoms with Crippen molar-refractivity contribution in [1.82, 2.24) is 34.9 Å². The number of halogens is 1. The maximum absolute atomic E-state index is 13.9. The average Bonchev–Trinajstić information content (AvgIpc) is 3.49. The van der Waals surface area contributed by atoms with Gasteiger partial charge in [0.05, 0.1) is 23.3 Å². The van der Waals surface area contributed by atoms with E-state index in [9.17, 15) is 9.50 Å². The fraction of sp³-hybridized carbons (Fsp3) is 0.0435. The Morgan fingerprint density at radius 3 is 2.69 bits per heavy atom. The van der Waals surface area contributed by atoms with Crippen molar-refractivity contribution < 1.29 is 9.50 Å². The van der Waals surface area contributed by atoms with Gasteiger partial charge in [-0.25, -0.2) is 9.37 Å². The maximum Gasteiger partial charge on any atom is 0.181 e. The molecule has 156 valence electrons. The lowest BCUT2D eigenvalue weighted by molar-refractivity contribution is 0.469. The molecule has 0 radical (unpaired) electrons. The number of aryl methyl sites for hydroxylation is 1. The van der Waals surface area contributed by atoms with Crippen LogP contribution in [-0.4, -0.2) is 40.0 Å². The quantitative estimate of drug-likeness (QED) is 0.389. The van der Waals surface area contributed by atoms with E-state index in [4.69, 9.17) is 0 Å². The first-order chi connectivity index (χ1) is 15.5. The van der Waals surface area contributed by atoms with E-state index in [0.717, 1.165) is 44.9 Å². The SMILES string of the molecule is Cn1cc(-c2cnc3n[nH]c(-c4cc5c(-c6cc(O)cc(F)c6)nccc5[nH]4)c3c2)cn1. The van der Waals surface area contributed by atoms with Crippen molar-refractivity contribution in [3.8, 4) is 39.5 Å². The largest absolute Gasteiger partial charge is 0.508 e. The molecule has 0 amide bonds. The Kier molecular flexibility index (Phi) is 3.85. The molecule has 0 aliphatic rings. The Bertz CT molecular complexity index is 1610. The summed E-state index contributed by atoms with van der Waals surface area (Å²) in [5.74, 6) is -0.675. The van der Waals surface area contributed by atoms with Crippen molar-refractivity contribution >= 4 is 21.9 Å². The van der Waals surface area contributed by atoms with E-state index in [0.29, 0.717) is 16.9 Å². The molecule has 0 unspecified atom stereocenters. The first-order valence-electron chi connectivity index (χ1n) is 9.86. The molecule has 3 N–H and O–H groups in total. The van der Waals surface area contributed by atoms with Crippen LogP contribution in [-0.2, 0) is 7.05 Å². The number of pyridine rings is 2. The number of benzene rings is 1. The predicted octanol–water partition coefficient (Wildman–Crippen LogP) is 4.41. The minimum absolute atomic E-state index is 0.150. The van der Waals surface area contributed by atoms with Gasteiger partial charge in [0.2, 0.25) is 0 Å². The molecule has 0 saturated heterocycles. The molecule has 5 heterocycles. The zero-order chi connectivity index (χ0) is 21.8. The molecule has 6 rings (SSSR count). The summed E-state index contributed by atoms with van der Waals surface area (Å²) in [7, 11) is 1.87. The van der Waals surface area contributed by atoms with Crippen molar-refractivity contribution in [1.29, 1.82) is 0 Å². The number of phenolic OH excluding ortho intramolecular Hbond substituents is 1. The third kappa shape index (κ3) is 2.90. The number of nitrogens with zero attached hydrogens (tertiary/aromatic N) is 5. The Morgan fingerprint density at radius 2 is 1.88 bits per heavy atom. The lowest BCUT2D eigenvalue weighted by atomic mass is 10.1. The summed E-state index contributed by atoms with van der Waals surface area (Å²) in [4.78, 5) is 12.3. The highest BCUT2D eigenvalue weighted by atomic mass is 19.1. The van der Waals surface area contributed by atoms with Gasteiger partial charge in [0.15, 0.2) is 5.65 Å². The average molecular weight is 425 g/mol. The van der Waals surface area contributed by atoms with E-state index < -0.39 is 5.82 Å². The smallest absolute Gasteiger partial charge is 0.181 e. The van der Waals surface area contributed by atoms with Gasteiger partial charge < -0.3 is 10.1 Å². The topological polar surface area (TPSA) is 108 Å². The normalized spacial score (nSPS) is 11.6. The summed E-state index contributed by atoms with van der Waals surface area (Å²) >= 11 is 0. The summed E-state index contributed by atoms with van der Waals surface area (Å²) in [6.45, 7) is 0. The Hall–Kier alpha value is -4.53. The van der Waals surface area contributed by atoms with Gasteiger partial charge in [-0.3, -0.25) is 14.8 Å². The highest BCUT2D eigenvalue weighted by molar-refractivity contribution is 6.00. The summed E-state index contributed by atoms with van der Waals surface area (Å²) in [6, 6.07) is 9.71. The van der Waals surface area contributed by atoms with Gasteiger partial charge in [0.25, 0.3) is 0 Å². The number of rotatable bonds is 3. The van der Waals surface area contributed by atoms with E-state index in [1.165, 1.54) is 12.1 Å². The van der Waals surface area contributed by atoms with Gasteiger partial charge in [0, 0.05) is 64.7 Å². The second kappa shape index (κ2) is 6.74. The number of hydrogen-bond acceptors (Lipinski definition) is 5. The first kappa shape index (κ1) is 18.3. The monoisotopic (exact) mass is 425 g/mol. The number of aromatic hydroxyl groups is 1. The third-order valence-corrected chi connectivity index (χ3v) is 5.42. The molecule has 6 aromatic rings. The number of aromatic nitrogens is 7. The Labute approximate surface area is 180 Å². The van der Waals surface area contributed by atoms with Crippen molar-refractivity contribution in [3.63, 3.8) is 0 Å². The zero-order valence-corrected chi connectivity index (χ0v) is 16.8. The summed E-state index contributed by atoms with van der Waals surface area (Å²) in [5.41, 5.74) is 5.95. The van der Waals surface area contributed by atoms with Crippen molar-refractivity contribution in [2.45, 2.75) is 0 Å². The Balaban J connectivity index is 1.51. The minimum atomic E-state index is -0.525. The molecular formula is C23H16FN7O. The molecule has 5 aromatic heterocycles.